The van der Waals surface area contributed by atoms with Crippen LogP contribution < -0.4 is 0 Å². The molecule has 118 valence electrons. The lowest BCUT2D eigenvalue weighted by molar-refractivity contribution is 0.173. The summed E-state index contributed by atoms with van der Waals surface area (Å²) in [5, 5.41) is 10.6. The van der Waals surface area contributed by atoms with Crippen LogP contribution in [-0.2, 0) is 4.74 Å². The van der Waals surface area contributed by atoms with E-state index in [-0.39, 0.29) is 11.9 Å². The third kappa shape index (κ3) is 2.37. The van der Waals surface area contributed by atoms with Gasteiger partial charge in [0.05, 0.1) is 43.2 Å². The highest BCUT2D eigenvalue weighted by atomic mass is 19.1. The van der Waals surface area contributed by atoms with Crippen molar-refractivity contribution in [3.63, 3.8) is 0 Å². The van der Waals surface area contributed by atoms with E-state index >= 15 is 0 Å². The van der Waals surface area contributed by atoms with E-state index in [1.807, 2.05) is 16.7 Å². The van der Waals surface area contributed by atoms with Crippen molar-refractivity contribution in [3.05, 3.63) is 66.1 Å². The van der Waals surface area contributed by atoms with E-state index < -0.39 is 6.10 Å². The standard InChI is InChI=1S/C18H17FN2O2/c19-14-5-1-4-13-16-10-20-11-21(16)15(18(13)14)9-17(22)12-3-2-7-23-8-6-12/h1-5,7,10-11,15,17,22H,6,8-9H2. The molecule has 2 aliphatic heterocycles. The average Bonchev–Trinajstić information content (AvgIpc) is 3.01. The minimum absolute atomic E-state index is 0.235. The predicted molar refractivity (Wildman–Crippen MR) is 84.2 cm³/mol. The van der Waals surface area contributed by atoms with Gasteiger partial charge in [-0.15, -0.1) is 0 Å². The predicted octanol–water partition coefficient (Wildman–Crippen LogP) is 3.20. The Kier molecular flexibility index (Phi) is 3.50. The highest BCUT2D eigenvalue weighted by Crippen LogP contribution is 2.43. The first-order valence-electron chi connectivity index (χ1n) is 7.71. The molecule has 4 nitrogen and oxygen atoms in total. The number of hydrogen-bond acceptors (Lipinski definition) is 3. The molecule has 2 aromatic rings. The third-order valence-electron chi connectivity index (χ3n) is 4.53. The number of allylic oxidation sites excluding steroid dienone is 2. The first-order chi connectivity index (χ1) is 11.3. The number of aromatic nitrogens is 2. The maximum absolute atomic E-state index is 14.4. The summed E-state index contributed by atoms with van der Waals surface area (Å²) in [6.45, 7) is 0.547. The molecule has 2 atom stereocenters. The minimum atomic E-state index is -0.646. The van der Waals surface area contributed by atoms with E-state index in [0.717, 1.165) is 16.8 Å². The molecule has 0 fully saturated rings. The number of halogens is 1. The van der Waals surface area contributed by atoms with Crippen molar-refractivity contribution >= 4 is 0 Å². The molecule has 0 saturated carbocycles. The normalized spacial score (nSPS) is 20.3. The summed E-state index contributed by atoms with van der Waals surface area (Å²) in [5.74, 6) is -0.235. The van der Waals surface area contributed by atoms with E-state index in [4.69, 9.17) is 4.74 Å². The third-order valence-corrected chi connectivity index (χ3v) is 4.53. The van der Waals surface area contributed by atoms with Crippen LogP contribution in [0.5, 0.6) is 0 Å². The van der Waals surface area contributed by atoms with Gasteiger partial charge in [0.2, 0.25) is 0 Å². The number of fused-ring (bicyclic) bond motifs is 3. The molecule has 0 spiro atoms. The summed E-state index contributed by atoms with van der Waals surface area (Å²) in [6.07, 6.45) is 9.17. The zero-order chi connectivity index (χ0) is 15.8. The zero-order valence-electron chi connectivity index (χ0n) is 12.5. The number of aliphatic hydroxyl groups is 1. The number of hydrogen-bond donors (Lipinski definition) is 1. The van der Waals surface area contributed by atoms with Gasteiger partial charge >= 0.3 is 0 Å². The number of imidazole rings is 1. The summed E-state index contributed by atoms with van der Waals surface area (Å²) in [6, 6.07) is 4.84. The topological polar surface area (TPSA) is 47.3 Å². The largest absolute Gasteiger partial charge is 0.501 e. The quantitative estimate of drug-likeness (QED) is 0.947. The van der Waals surface area contributed by atoms with Crippen molar-refractivity contribution in [2.75, 3.05) is 6.61 Å². The van der Waals surface area contributed by atoms with Crippen LogP contribution in [0, 0.1) is 5.82 Å². The second-order valence-electron chi connectivity index (χ2n) is 5.85. The lowest BCUT2D eigenvalue weighted by Crippen LogP contribution is -2.19. The van der Waals surface area contributed by atoms with Gasteiger partial charge in [-0.3, -0.25) is 0 Å². The lowest BCUT2D eigenvalue weighted by Gasteiger charge is -2.21. The maximum Gasteiger partial charge on any atom is 0.129 e. The molecule has 23 heavy (non-hydrogen) atoms. The number of rotatable bonds is 3. The molecule has 0 radical (unpaired) electrons. The molecule has 0 bridgehead atoms. The molecule has 2 unspecified atom stereocenters. The number of benzene rings is 1. The molecule has 1 aromatic heterocycles. The second kappa shape index (κ2) is 5.66. The van der Waals surface area contributed by atoms with Crippen LogP contribution in [0.2, 0.25) is 0 Å². The van der Waals surface area contributed by atoms with Crippen LogP contribution in [0.4, 0.5) is 4.39 Å². The highest BCUT2D eigenvalue weighted by Gasteiger charge is 2.33. The highest BCUT2D eigenvalue weighted by molar-refractivity contribution is 5.69. The molecule has 0 aliphatic carbocycles. The van der Waals surface area contributed by atoms with Crippen LogP contribution >= 0.6 is 0 Å². The summed E-state index contributed by atoms with van der Waals surface area (Å²) in [4.78, 5) is 4.17. The molecule has 1 aromatic carbocycles. The van der Waals surface area contributed by atoms with Gasteiger partial charge in [0.1, 0.15) is 5.82 Å². The van der Waals surface area contributed by atoms with Crippen molar-refractivity contribution in [1.82, 2.24) is 9.55 Å². The van der Waals surface area contributed by atoms with Crippen molar-refractivity contribution in [1.29, 1.82) is 0 Å². The number of ether oxygens (including phenoxy) is 1. The van der Waals surface area contributed by atoms with Gasteiger partial charge in [0.15, 0.2) is 0 Å². The van der Waals surface area contributed by atoms with E-state index in [0.29, 0.717) is 25.0 Å². The van der Waals surface area contributed by atoms with Gasteiger partial charge in [0.25, 0.3) is 0 Å². The number of aliphatic hydroxyl groups excluding tert-OH is 1. The molecular formula is C18H17FN2O2. The monoisotopic (exact) mass is 312 g/mol. The van der Waals surface area contributed by atoms with Crippen molar-refractivity contribution in [2.45, 2.75) is 25.0 Å². The fourth-order valence-corrected chi connectivity index (χ4v) is 3.42. The van der Waals surface area contributed by atoms with Crippen LogP contribution in [0.15, 0.2) is 54.7 Å². The minimum Gasteiger partial charge on any atom is -0.501 e. The van der Waals surface area contributed by atoms with Gasteiger partial charge in [-0.05, 0) is 17.7 Å². The average molecular weight is 312 g/mol. The van der Waals surface area contributed by atoms with Gasteiger partial charge in [-0.2, -0.15) is 0 Å². The Balaban J connectivity index is 1.67. The van der Waals surface area contributed by atoms with Crippen LogP contribution in [0.3, 0.4) is 0 Å². The fraction of sp³-hybridized carbons (Fsp3) is 0.278. The molecule has 4 rings (SSSR count). The van der Waals surface area contributed by atoms with Gasteiger partial charge in [0, 0.05) is 24.0 Å². The molecule has 3 heterocycles. The fourth-order valence-electron chi connectivity index (χ4n) is 3.42. The van der Waals surface area contributed by atoms with Crippen LogP contribution in [0.1, 0.15) is 24.4 Å². The Morgan fingerprint density at radius 3 is 3.26 bits per heavy atom. The summed E-state index contributed by atoms with van der Waals surface area (Å²) in [5.41, 5.74) is 3.31. The van der Waals surface area contributed by atoms with Crippen LogP contribution in [0.25, 0.3) is 11.3 Å². The summed E-state index contributed by atoms with van der Waals surface area (Å²) >= 11 is 0. The van der Waals surface area contributed by atoms with Crippen LogP contribution in [-0.4, -0.2) is 27.4 Å². The molecule has 2 aliphatic rings. The smallest absolute Gasteiger partial charge is 0.129 e. The first-order valence-corrected chi connectivity index (χ1v) is 7.71. The summed E-state index contributed by atoms with van der Waals surface area (Å²) in [7, 11) is 0. The maximum atomic E-state index is 14.4. The second-order valence-corrected chi connectivity index (χ2v) is 5.85. The van der Waals surface area contributed by atoms with E-state index in [2.05, 4.69) is 4.98 Å². The van der Waals surface area contributed by atoms with Crippen molar-refractivity contribution in [2.24, 2.45) is 0 Å². The Bertz CT molecular complexity index is 794. The Labute approximate surface area is 133 Å². The molecular weight excluding hydrogens is 295 g/mol. The van der Waals surface area contributed by atoms with Crippen molar-refractivity contribution < 1.29 is 14.2 Å². The van der Waals surface area contributed by atoms with Gasteiger partial charge in [-0.25, -0.2) is 9.37 Å². The van der Waals surface area contributed by atoms with Gasteiger partial charge in [-0.1, -0.05) is 18.2 Å². The Morgan fingerprint density at radius 1 is 1.43 bits per heavy atom. The molecule has 5 heteroatoms. The number of nitrogens with zero attached hydrogens (tertiary/aromatic N) is 2. The molecule has 0 amide bonds. The molecule has 1 N–H and O–H groups in total. The Morgan fingerprint density at radius 2 is 2.35 bits per heavy atom. The summed E-state index contributed by atoms with van der Waals surface area (Å²) < 4.78 is 21.6. The van der Waals surface area contributed by atoms with Crippen molar-refractivity contribution in [3.8, 4) is 11.3 Å². The van der Waals surface area contributed by atoms with E-state index in [1.165, 1.54) is 6.07 Å². The Hall–Kier alpha value is -2.40. The van der Waals surface area contributed by atoms with E-state index in [1.54, 1.807) is 30.9 Å². The van der Waals surface area contributed by atoms with Gasteiger partial charge < -0.3 is 14.4 Å². The first kappa shape index (κ1) is 14.2. The SMILES string of the molecule is OC(CC1c2c(F)cccc2-c2cncn21)C1=CC=COCC1. The molecule has 0 saturated heterocycles. The lowest BCUT2D eigenvalue weighted by atomic mass is 9.94. The van der Waals surface area contributed by atoms with E-state index in [9.17, 15) is 9.50 Å². The zero-order valence-corrected chi connectivity index (χ0v) is 12.5.